The van der Waals surface area contributed by atoms with Crippen molar-refractivity contribution < 1.29 is 13.7 Å². The molecule has 0 aliphatic heterocycles. The highest BCUT2D eigenvalue weighted by atomic mass is 32.2. The zero-order chi connectivity index (χ0) is 17.7. The predicted molar refractivity (Wildman–Crippen MR) is 96.9 cm³/mol. The maximum Gasteiger partial charge on any atom is 0.251 e. The molecule has 0 aliphatic carbocycles. The molecule has 2 aromatic rings. The van der Waals surface area contributed by atoms with Crippen LogP contribution in [0.4, 0.5) is 0 Å². The molecule has 2 atom stereocenters. The molecule has 2 unspecified atom stereocenters. The van der Waals surface area contributed by atoms with Crippen LogP contribution in [0.25, 0.3) is 0 Å². The largest absolute Gasteiger partial charge is 0.491 e. The lowest BCUT2D eigenvalue weighted by Gasteiger charge is -2.16. The van der Waals surface area contributed by atoms with Crippen LogP contribution in [0.2, 0.25) is 0 Å². The van der Waals surface area contributed by atoms with Gasteiger partial charge in [-0.3, -0.25) is 9.00 Å². The molecule has 1 N–H and O–H groups in total. The zero-order valence-corrected chi connectivity index (χ0v) is 15.2. The highest BCUT2D eigenvalue weighted by Gasteiger charge is 2.12. The third-order valence-corrected chi connectivity index (χ3v) is 4.48. The minimum Gasteiger partial charge on any atom is -0.491 e. The molecule has 128 valence electrons. The highest BCUT2D eigenvalue weighted by Crippen LogP contribution is 2.19. The molecule has 0 aromatic heterocycles. The van der Waals surface area contributed by atoms with E-state index in [0.717, 1.165) is 11.3 Å². The Bertz CT molecular complexity index is 708. The molecule has 0 fully saturated rings. The lowest BCUT2D eigenvalue weighted by molar-refractivity contribution is 0.0940. The fraction of sp³-hybridized carbons (Fsp3) is 0.316. The van der Waals surface area contributed by atoms with Crippen molar-refractivity contribution in [2.45, 2.75) is 37.8 Å². The van der Waals surface area contributed by atoms with Gasteiger partial charge in [0.1, 0.15) is 5.75 Å². The Balaban J connectivity index is 2.01. The summed E-state index contributed by atoms with van der Waals surface area (Å²) >= 11 is 0. The number of ether oxygens (including phenoxy) is 1. The van der Waals surface area contributed by atoms with E-state index in [1.807, 2.05) is 45.0 Å². The molecule has 24 heavy (non-hydrogen) atoms. The van der Waals surface area contributed by atoms with Crippen LogP contribution in [0.15, 0.2) is 53.4 Å². The number of rotatable bonds is 6. The van der Waals surface area contributed by atoms with Crippen molar-refractivity contribution in [3.05, 3.63) is 59.7 Å². The van der Waals surface area contributed by atoms with Crippen molar-refractivity contribution in [3.8, 4) is 5.75 Å². The van der Waals surface area contributed by atoms with Crippen LogP contribution in [-0.4, -0.2) is 22.5 Å². The van der Waals surface area contributed by atoms with Crippen molar-refractivity contribution in [3.63, 3.8) is 0 Å². The number of hydrogen-bond donors (Lipinski definition) is 1. The summed E-state index contributed by atoms with van der Waals surface area (Å²) in [7, 11) is -1.04. The molecule has 2 aromatic carbocycles. The normalized spacial score (nSPS) is 13.4. The van der Waals surface area contributed by atoms with E-state index in [0.29, 0.717) is 10.5 Å². The van der Waals surface area contributed by atoms with Gasteiger partial charge in [-0.05, 0) is 62.7 Å². The van der Waals surface area contributed by atoms with Crippen LogP contribution >= 0.6 is 0 Å². The first kappa shape index (κ1) is 18.2. The number of nitrogens with one attached hydrogen (secondary N) is 1. The van der Waals surface area contributed by atoms with Crippen LogP contribution in [-0.2, 0) is 10.8 Å². The molecule has 1 amide bonds. The molecule has 0 bridgehead atoms. The Labute approximate surface area is 145 Å². The van der Waals surface area contributed by atoms with Gasteiger partial charge >= 0.3 is 0 Å². The van der Waals surface area contributed by atoms with Gasteiger partial charge in [-0.15, -0.1) is 0 Å². The molecule has 0 saturated carbocycles. The minimum atomic E-state index is -1.04. The Morgan fingerprint density at radius 3 is 2.08 bits per heavy atom. The summed E-state index contributed by atoms with van der Waals surface area (Å²) in [5.74, 6) is 0.661. The van der Waals surface area contributed by atoms with Gasteiger partial charge in [-0.25, -0.2) is 0 Å². The van der Waals surface area contributed by atoms with Crippen LogP contribution in [0.1, 0.15) is 42.7 Å². The first-order chi connectivity index (χ1) is 11.4. The fourth-order valence-corrected chi connectivity index (χ4v) is 2.79. The Morgan fingerprint density at radius 1 is 1.00 bits per heavy atom. The van der Waals surface area contributed by atoms with Crippen LogP contribution < -0.4 is 10.1 Å². The van der Waals surface area contributed by atoms with Gasteiger partial charge in [0.05, 0.1) is 12.1 Å². The maximum atomic E-state index is 12.3. The number of carbonyl (C=O) groups is 1. The van der Waals surface area contributed by atoms with E-state index in [9.17, 15) is 9.00 Å². The first-order valence-corrected chi connectivity index (χ1v) is 9.43. The third kappa shape index (κ3) is 4.93. The van der Waals surface area contributed by atoms with Crippen molar-refractivity contribution in [1.29, 1.82) is 0 Å². The van der Waals surface area contributed by atoms with E-state index in [1.54, 1.807) is 30.5 Å². The molecule has 0 radical (unpaired) electrons. The first-order valence-electron chi connectivity index (χ1n) is 7.88. The second kappa shape index (κ2) is 8.11. The second-order valence-electron chi connectivity index (χ2n) is 5.91. The molecule has 4 nitrogen and oxygen atoms in total. The van der Waals surface area contributed by atoms with E-state index >= 15 is 0 Å². The molecule has 0 heterocycles. The van der Waals surface area contributed by atoms with Crippen LogP contribution in [0.3, 0.4) is 0 Å². The zero-order valence-electron chi connectivity index (χ0n) is 14.4. The average molecular weight is 345 g/mol. The van der Waals surface area contributed by atoms with Crippen molar-refractivity contribution in [2.24, 2.45) is 0 Å². The summed E-state index contributed by atoms with van der Waals surface area (Å²) in [5, 5.41) is 2.97. The lowest BCUT2D eigenvalue weighted by Crippen LogP contribution is -2.26. The number of hydrogen-bond acceptors (Lipinski definition) is 3. The van der Waals surface area contributed by atoms with E-state index < -0.39 is 10.8 Å². The Kier molecular flexibility index (Phi) is 6.15. The van der Waals surface area contributed by atoms with Crippen LogP contribution in [0, 0.1) is 0 Å². The molecule has 0 saturated heterocycles. The van der Waals surface area contributed by atoms with Gasteiger partial charge in [0.25, 0.3) is 5.91 Å². The summed E-state index contributed by atoms with van der Waals surface area (Å²) in [6.45, 7) is 5.90. The standard InChI is InChI=1S/C19H23NO3S/c1-13(2)23-17-9-5-15(6-10-17)14(3)20-19(21)16-7-11-18(12-8-16)24(4)22/h5-14H,1-4H3,(H,20,21). The SMILES string of the molecule is CC(C)Oc1ccc(C(C)NC(=O)c2ccc(S(C)=O)cc2)cc1. The number of benzene rings is 2. The maximum absolute atomic E-state index is 12.3. The van der Waals surface area contributed by atoms with Crippen molar-refractivity contribution in [1.82, 2.24) is 5.32 Å². The minimum absolute atomic E-state index is 0.120. The lowest BCUT2D eigenvalue weighted by atomic mass is 10.1. The van der Waals surface area contributed by atoms with Crippen LogP contribution in [0.5, 0.6) is 5.75 Å². The Morgan fingerprint density at radius 2 is 1.58 bits per heavy atom. The van der Waals surface area contributed by atoms with E-state index in [4.69, 9.17) is 4.74 Å². The topological polar surface area (TPSA) is 55.4 Å². The predicted octanol–water partition coefficient (Wildman–Crippen LogP) is 3.70. The summed E-state index contributed by atoms with van der Waals surface area (Å²) < 4.78 is 17.0. The van der Waals surface area contributed by atoms with Crippen molar-refractivity contribution >= 4 is 16.7 Å². The smallest absolute Gasteiger partial charge is 0.251 e. The quantitative estimate of drug-likeness (QED) is 0.868. The number of amides is 1. The van der Waals surface area contributed by atoms with Crippen molar-refractivity contribution in [2.75, 3.05) is 6.26 Å². The third-order valence-electron chi connectivity index (χ3n) is 3.55. The van der Waals surface area contributed by atoms with Gasteiger partial charge in [-0.1, -0.05) is 12.1 Å². The summed E-state index contributed by atoms with van der Waals surface area (Å²) in [6.07, 6.45) is 1.75. The summed E-state index contributed by atoms with van der Waals surface area (Å²) in [5.41, 5.74) is 1.56. The molecule has 5 heteroatoms. The van der Waals surface area contributed by atoms with Gasteiger partial charge in [0, 0.05) is 27.5 Å². The van der Waals surface area contributed by atoms with E-state index in [2.05, 4.69) is 5.32 Å². The van der Waals surface area contributed by atoms with Gasteiger partial charge < -0.3 is 10.1 Å². The second-order valence-corrected chi connectivity index (χ2v) is 7.29. The monoisotopic (exact) mass is 345 g/mol. The molecular weight excluding hydrogens is 322 g/mol. The molecule has 0 spiro atoms. The van der Waals surface area contributed by atoms with E-state index in [1.165, 1.54) is 0 Å². The number of carbonyl (C=O) groups excluding carboxylic acids is 1. The fourth-order valence-electron chi connectivity index (χ4n) is 2.27. The molecule has 2 rings (SSSR count). The molecular formula is C19H23NO3S. The summed E-state index contributed by atoms with van der Waals surface area (Å²) in [6, 6.07) is 14.4. The van der Waals surface area contributed by atoms with Gasteiger partial charge in [0.2, 0.25) is 0 Å². The molecule has 0 aliphatic rings. The highest BCUT2D eigenvalue weighted by molar-refractivity contribution is 7.84. The summed E-state index contributed by atoms with van der Waals surface area (Å²) in [4.78, 5) is 13.0. The van der Waals surface area contributed by atoms with Gasteiger partial charge in [0.15, 0.2) is 0 Å². The Hall–Kier alpha value is -2.14. The van der Waals surface area contributed by atoms with Gasteiger partial charge in [-0.2, -0.15) is 0 Å². The van der Waals surface area contributed by atoms with E-state index in [-0.39, 0.29) is 18.1 Å². The average Bonchev–Trinajstić information content (AvgIpc) is 2.55.